The maximum atomic E-state index is 14.5. The molecule has 0 unspecified atom stereocenters. The third-order valence-corrected chi connectivity index (χ3v) is 6.84. The zero-order valence-electron chi connectivity index (χ0n) is 20.6. The van der Waals surface area contributed by atoms with Gasteiger partial charge in [0, 0.05) is 31.5 Å². The first-order chi connectivity index (χ1) is 17.2. The minimum Gasteiger partial charge on any atom is -0.377 e. The number of carbonyl (C=O) groups excluding carboxylic acids is 1. The van der Waals surface area contributed by atoms with Crippen LogP contribution in [0.5, 0.6) is 0 Å². The summed E-state index contributed by atoms with van der Waals surface area (Å²) in [5.41, 5.74) is 7.29. The van der Waals surface area contributed by atoms with Crippen LogP contribution < -0.4 is 5.73 Å². The number of aryl methyl sites for hydroxylation is 1. The normalized spacial score (nSPS) is 22.0. The van der Waals surface area contributed by atoms with E-state index in [1.165, 1.54) is 13.0 Å². The number of hydrogen-bond donors (Lipinski definition) is 1. The Morgan fingerprint density at radius 2 is 1.83 bits per heavy atom. The molecule has 5 nitrogen and oxygen atoms in total. The summed E-state index contributed by atoms with van der Waals surface area (Å²) in [6.45, 7) is 6.20. The summed E-state index contributed by atoms with van der Waals surface area (Å²) in [6.07, 6.45) is 4.85. The zero-order valence-corrected chi connectivity index (χ0v) is 20.6. The van der Waals surface area contributed by atoms with Gasteiger partial charge in [0.05, 0.1) is 11.7 Å². The van der Waals surface area contributed by atoms with Gasteiger partial charge in [0.2, 0.25) is 0 Å². The molecule has 2 N–H and O–H groups in total. The molecule has 1 aromatic carbocycles. The molecule has 0 saturated heterocycles. The summed E-state index contributed by atoms with van der Waals surface area (Å²) in [5, 5.41) is 0. The van der Waals surface area contributed by atoms with E-state index < -0.39 is 34.5 Å². The Morgan fingerprint density at radius 3 is 2.50 bits per heavy atom. The van der Waals surface area contributed by atoms with Gasteiger partial charge in [-0.3, -0.25) is 9.78 Å². The van der Waals surface area contributed by atoms with Crippen molar-refractivity contribution in [3.63, 3.8) is 0 Å². The highest BCUT2D eigenvalue weighted by Gasteiger charge is 2.35. The van der Waals surface area contributed by atoms with Crippen LogP contribution in [0, 0.1) is 30.3 Å². The number of hydrogen-bond acceptors (Lipinski definition) is 5. The number of benzene rings is 1. The predicted molar refractivity (Wildman–Crippen MR) is 131 cm³/mol. The molecule has 0 aliphatic heterocycles. The molecular weight excluding hydrogens is 467 g/mol. The van der Waals surface area contributed by atoms with Crippen LogP contribution in [0.3, 0.4) is 0 Å². The molecule has 4 atom stereocenters. The second-order valence-corrected chi connectivity index (χ2v) is 9.53. The number of rotatable bonds is 7. The van der Waals surface area contributed by atoms with E-state index in [9.17, 15) is 18.0 Å². The van der Waals surface area contributed by atoms with E-state index in [-0.39, 0.29) is 36.1 Å². The van der Waals surface area contributed by atoms with Gasteiger partial charge in [0.15, 0.2) is 5.78 Å². The highest BCUT2D eigenvalue weighted by atomic mass is 19.1. The molecule has 1 saturated carbocycles. The number of halogens is 3. The van der Waals surface area contributed by atoms with Crippen LogP contribution in [0.25, 0.3) is 11.3 Å². The lowest BCUT2D eigenvalue weighted by atomic mass is 9.73. The van der Waals surface area contributed by atoms with Crippen LogP contribution in [0.4, 0.5) is 13.2 Å². The second kappa shape index (κ2) is 10.9. The van der Waals surface area contributed by atoms with Gasteiger partial charge in [-0.1, -0.05) is 6.92 Å². The van der Waals surface area contributed by atoms with Crippen molar-refractivity contribution in [2.75, 3.05) is 6.61 Å². The van der Waals surface area contributed by atoms with Crippen LogP contribution in [0.1, 0.15) is 59.8 Å². The summed E-state index contributed by atoms with van der Waals surface area (Å²) in [4.78, 5) is 21.4. The van der Waals surface area contributed by atoms with Crippen LogP contribution in [0.15, 0.2) is 42.7 Å². The molecule has 2 aromatic heterocycles. The molecule has 0 radical (unpaired) electrons. The largest absolute Gasteiger partial charge is 0.377 e. The topological polar surface area (TPSA) is 78.1 Å². The van der Waals surface area contributed by atoms with Gasteiger partial charge >= 0.3 is 0 Å². The van der Waals surface area contributed by atoms with E-state index in [1.807, 2.05) is 13.0 Å². The summed E-state index contributed by atoms with van der Waals surface area (Å²) >= 11 is 0. The molecule has 4 rings (SSSR count). The Balaban J connectivity index is 1.60. The fourth-order valence-electron chi connectivity index (χ4n) is 5.24. The Labute approximate surface area is 208 Å². The van der Waals surface area contributed by atoms with Crippen LogP contribution in [0.2, 0.25) is 0 Å². The van der Waals surface area contributed by atoms with Gasteiger partial charge in [0.1, 0.15) is 28.8 Å². The first-order valence-corrected chi connectivity index (χ1v) is 12.1. The second-order valence-electron chi connectivity index (χ2n) is 9.53. The maximum absolute atomic E-state index is 14.5. The lowest BCUT2D eigenvalue weighted by molar-refractivity contribution is -0.0163. The van der Waals surface area contributed by atoms with E-state index in [4.69, 9.17) is 10.5 Å². The molecule has 0 amide bonds. The van der Waals surface area contributed by atoms with Crippen LogP contribution in [-0.2, 0) is 11.2 Å². The van der Waals surface area contributed by atoms with Crippen LogP contribution >= 0.6 is 0 Å². The third kappa shape index (κ3) is 5.34. The molecule has 0 spiro atoms. The van der Waals surface area contributed by atoms with E-state index in [2.05, 4.69) is 16.9 Å². The van der Waals surface area contributed by atoms with Gasteiger partial charge in [-0.2, -0.15) is 0 Å². The Kier molecular flexibility index (Phi) is 7.85. The molecule has 1 aliphatic rings. The lowest BCUT2D eigenvalue weighted by Crippen LogP contribution is -2.46. The SMILES string of the molecule is CCO[C@@H]1[C@H](N)C[C@H](c2ccncc2CC(=O)c2ccc(F)c(-c3c(F)cc(C)cc3F)n2)C[C@@H]1C. The van der Waals surface area contributed by atoms with Crippen LogP contribution in [-0.4, -0.2) is 34.5 Å². The van der Waals surface area contributed by atoms with Gasteiger partial charge < -0.3 is 10.5 Å². The minimum absolute atomic E-state index is 0.0115. The highest BCUT2D eigenvalue weighted by Crippen LogP contribution is 2.38. The van der Waals surface area contributed by atoms with Crippen molar-refractivity contribution in [3.05, 3.63) is 82.6 Å². The summed E-state index contributed by atoms with van der Waals surface area (Å²) in [7, 11) is 0. The smallest absolute Gasteiger partial charge is 0.185 e. The molecule has 1 fully saturated rings. The predicted octanol–water partition coefficient (Wildman–Crippen LogP) is 5.54. The average molecular weight is 498 g/mol. The molecule has 1 aliphatic carbocycles. The Hall–Kier alpha value is -3.10. The standard InChI is InChI=1S/C28H30F3N3O2/c1-4-36-28-16(3)11-17(12-23(28)32)19-7-8-33-14-18(19)13-25(35)24-6-5-20(29)27(34-24)26-21(30)9-15(2)10-22(26)31/h5-10,14,16-17,23,28H,4,11-13,32H2,1-3H3/t16-,17+,23+,28-/m0/s1. The maximum Gasteiger partial charge on any atom is 0.185 e. The summed E-state index contributed by atoms with van der Waals surface area (Å²) in [6, 6.07) is 6.20. The fraction of sp³-hybridized carbons (Fsp3) is 0.393. The van der Waals surface area contributed by atoms with Gasteiger partial charge in [-0.15, -0.1) is 0 Å². The lowest BCUT2D eigenvalue weighted by Gasteiger charge is -2.39. The summed E-state index contributed by atoms with van der Waals surface area (Å²) < 4.78 is 49.4. The number of pyridine rings is 2. The highest BCUT2D eigenvalue weighted by molar-refractivity contribution is 5.96. The number of nitrogens with two attached hydrogens (primary N) is 1. The van der Waals surface area contributed by atoms with Crippen molar-refractivity contribution in [2.24, 2.45) is 11.7 Å². The molecule has 8 heteroatoms. The quantitative estimate of drug-likeness (QED) is 0.434. The van der Waals surface area contributed by atoms with Crippen molar-refractivity contribution in [3.8, 4) is 11.3 Å². The van der Waals surface area contributed by atoms with E-state index in [1.54, 1.807) is 12.4 Å². The number of aromatic nitrogens is 2. The van der Waals surface area contributed by atoms with Gasteiger partial charge in [-0.25, -0.2) is 18.2 Å². The van der Waals surface area contributed by atoms with E-state index in [0.29, 0.717) is 18.6 Å². The molecule has 36 heavy (non-hydrogen) atoms. The summed E-state index contributed by atoms with van der Waals surface area (Å²) in [5.74, 6) is -2.82. The van der Waals surface area contributed by atoms with Crippen molar-refractivity contribution in [1.82, 2.24) is 9.97 Å². The fourth-order valence-corrected chi connectivity index (χ4v) is 5.24. The Morgan fingerprint density at radius 1 is 1.11 bits per heavy atom. The molecular formula is C28H30F3N3O2. The third-order valence-electron chi connectivity index (χ3n) is 6.84. The average Bonchev–Trinajstić information content (AvgIpc) is 2.82. The van der Waals surface area contributed by atoms with Crippen molar-refractivity contribution < 1.29 is 22.7 Å². The number of nitrogens with zero attached hydrogens (tertiary/aromatic N) is 2. The van der Waals surface area contributed by atoms with E-state index >= 15 is 0 Å². The number of ether oxygens (including phenoxy) is 1. The number of Topliss-reactive ketones (excluding diaryl/α,β-unsaturated/α-hetero) is 1. The molecule has 3 aromatic rings. The minimum atomic E-state index is -0.939. The first kappa shape index (κ1) is 26.0. The molecule has 0 bridgehead atoms. The monoisotopic (exact) mass is 497 g/mol. The first-order valence-electron chi connectivity index (χ1n) is 12.1. The number of ketones is 1. The van der Waals surface area contributed by atoms with E-state index in [0.717, 1.165) is 35.7 Å². The number of carbonyl (C=O) groups is 1. The zero-order chi connectivity index (χ0) is 26.0. The van der Waals surface area contributed by atoms with Crippen molar-refractivity contribution in [1.29, 1.82) is 0 Å². The van der Waals surface area contributed by atoms with Crippen molar-refractivity contribution in [2.45, 2.75) is 58.1 Å². The van der Waals surface area contributed by atoms with Crippen molar-refractivity contribution >= 4 is 5.78 Å². The molecule has 190 valence electrons. The van der Waals surface area contributed by atoms with Gasteiger partial charge in [-0.05, 0) is 85.5 Å². The molecule has 2 heterocycles. The van der Waals surface area contributed by atoms with Gasteiger partial charge in [0.25, 0.3) is 0 Å². The Bertz CT molecular complexity index is 1230.